The Bertz CT molecular complexity index is 538. The van der Waals surface area contributed by atoms with Crippen LogP contribution in [0.2, 0.25) is 0 Å². The smallest absolute Gasteiger partial charge is 0.128 e. The number of halogens is 2. The Morgan fingerprint density at radius 3 is 2.72 bits per heavy atom. The number of benzene rings is 1. The monoisotopic (exact) mass is 327 g/mol. The lowest BCUT2D eigenvalue weighted by Crippen LogP contribution is -2.23. The second kappa shape index (κ2) is 5.95. The molecular formula is C14H15BrFNS. The molecule has 0 saturated heterocycles. The Balaban J connectivity index is 2.48. The van der Waals surface area contributed by atoms with Crippen LogP contribution in [0.25, 0.3) is 0 Å². The highest BCUT2D eigenvalue weighted by atomic mass is 79.9. The number of aryl methyl sites for hydroxylation is 1. The fourth-order valence-corrected chi connectivity index (χ4v) is 3.53. The molecule has 4 heteroatoms. The lowest BCUT2D eigenvalue weighted by atomic mass is 9.99. The normalized spacial score (nSPS) is 12.7. The summed E-state index contributed by atoms with van der Waals surface area (Å²) < 4.78 is 15.0. The first kappa shape index (κ1) is 13.7. The van der Waals surface area contributed by atoms with Gasteiger partial charge in [0.15, 0.2) is 0 Å². The fraction of sp³-hybridized carbons (Fsp3) is 0.286. The highest BCUT2D eigenvalue weighted by Crippen LogP contribution is 2.33. The summed E-state index contributed by atoms with van der Waals surface area (Å²) in [5.41, 5.74) is 2.86. The van der Waals surface area contributed by atoms with Gasteiger partial charge in [-0.15, -0.1) is 0 Å². The van der Waals surface area contributed by atoms with E-state index in [1.165, 1.54) is 6.07 Å². The van der Waals surface area contributed by atoms with Crippen molar-refractivity contribution in [2.45, 2.75) is 19.9 Å². The van der Waals surface area contributed by atoms with Crippen LogP contribution in [0.1, 0.15) is 29.7 Å². The highest BCUT2D eigenvalue weighted by molar-refractivity contribution is 9.10. The van der Waals surface area contributed by atoms with Crippen molar-refractivity contribution in [3.63, 3.8) is 0 Å². The zero-order chi connectivity index (χ0) is 13.1. The van der Waals surface area contributed by atoms with Gasteiger partial charge in [-0.25, -0.2) is 4.39 Å². The zero-order valence-electron chi connectivity index (χ0n) is 10.3. The summed E-state index contributed by atoms with van der Waals surface area (Å²) in [5.74, 6) is -0.162. The van der Waals surface area contributed by atoms with E-state index in [1.807, 2.05) is 25.3 Å². The minimum atomic E-state index is -0.162. The molecule has 1 heterocycles. The third-order valence-corrected chi connectivity index (χ3v) is 4.58. The molecule has 2 aromatic rings. The molecule has 1 aromatic carbocycles. The van der Waals surface area contributed by atoms with E-state index < -0.39 is 0 Å². The van der Waals surface area contributed by atoms with Gasteiger partial charge in [-0.2, -0.15) is 11.3 Å². The Morgan fingerprint density at radius 2 is 2.11 bits per heavy atom. The van der Waals surface area contributed by atoms with E-state index in [9.17, 15) is 4.39 Å². The number of nitrogens with one attached hydrogen (secondary N) is 1. The first-order chi connectivity index (χ1) is 8.63. The predicted octanol–water partition coefficient (Wildman–Crippen LogP) is 4.66. The van der Waals surface area contributed by atoms with E-state index >= 15 is 0 Å². The van der Waals surface area contributed by atoms with Crippen molar-refractivity contribution in [1.82, 2.24) is 5.32 Å². The summed E-state index contributed by atoms with van der Waals surface area (Å²) in [4.78, 5) is 0. The van der Waals surface area contributed by atoms with Crippen molar-refractivity contribution in [3.05, 3.63) is 55.9 Å². The Labute approximate surface area is 119 Å². The molecule has 18 heavy (non-hydrogen) atoms. The highest BCUT2D eigenvalue weighted by Gasteiger charge is 2.19. The quantitative estimate of drug-likeness (QED) is 0.861. The van der Waals surface area contributed by atoms with E-state index in [1.54, 1.807) is 17.4 Å². The summed E-state index contributed by atoms with van der Waals surface area (Å²) in [6, 6.07) is 5.14. The molecule has 1 nitrogen and oxygen atoms in total. The number of hydrogen-bond donors (Lipinski definition) is 1. The zero-order valence-corrected chi connectivity index (χ0v) is 12.7. The van der Waals surface area contributed by atoms with Crippen LogP contribution in [-0.2, 0) is 0 Å². The summed E-state index contributed by atoms with van der Waals surface area (Å²) >= 11 is 5.14. The maximum absolute atomic E-state index is 14.0. The molecule has 1 N–H and O–H groups in total. The SMILES string of the molecule is CCNC(c1cc(C)ccc1F)c1cscc1Br. The molecule has 0 amide bonds. The molecule has 96 valence electrons. The largest absolute Gasteiger partial charge is 0.306 e. The molecule has 0 aliphatic carbocycles. The summed E-state index contributed by atoms with van der Waals surface area (Å²) in [6.45, 7) is 4.80. The van der Waals surface area contributed by atoms with Crippen molar-refractivity contribution in [1.29, 1.82) is 0 Å². The Hall–Kier alpha value is -0.710. The van der Waals surface area contributed by atoms with E-state index in [0.29, 0.717) is 5.56 Å². The summed E-state index contributed by atoms with van der Waals surface area (Å²) in [7, 11) is 0. The van der Waals surface area contributed by atoms with Gasteiger partial charge in [0.2, 0.25) is 0 Å². The standard InChI is InChI=1S/C14H15BrFNS/c1-3-17-14(11-7-18-8-12(11)15)10-6-9(2)4-5-13(10)16/h4-8,14,17H,3H2,1-2H3. The lowest BCUT2D eigenvalue weighted by Gasteiger charge is -2.19. The van der Waals surface area contributed by atoms with Crippen LogP contribution in [-0.4, -0.2) is 6.54 Å². The van der Waals surface area contributed by atoms with Gasteiger partial charge in [0.25, 0.3) is 0 Å². The molecule has 1 unspecified atom stereocenters. The third-order valence-electron chi connectivity index (χ3n) is 2.82. The van der Waals surface area contributed by atoms with Crippen LogP contribution < -0.4 is 5.32 Å². The van der Waals surface area contributed by atoms with E-state index in [0.717, 1.165) is 22.1 Å². The first-order valence-corrected chi connectivity index (χ1v) is 7.58. The van der Waals surface area contributed by atoms with Crippen LogP contribution in [0.5, 0.6) is 0 Å². The second-order valence-corrected chi connectivity index (χ2v) is 5.79. The maximum atomic E-state index is 14.0. The van der Waals surface area contributed by atoms with Crippen molar-refractivity contribution < 1.29 is 4.39 Å². The molecule has 1 aromatic heterocycles. The molecule has 0 fully saturated rings. The minimum absolute atomic E-state index is 0.101. The molecular weight excluding hydrogens is 313 g/mol. The van der Waals surface area contributed by atoms with Gasteiger partial charge in [-0.1, -0.05) is 24.6 Å². The Kier molecular flexibility index (Phi) is 4.54. The van der Waals surface area contributed by atoms with Gasteiger partial charge in [-0.05, 0) is 46.4 Å². The molecule has 0 spiro atoms. The average Bonchev–Trinajstić information content (AvgIpc) is 2.76. The molecule has 2 rings (SSSR count). The summed E-state index contributed by atoms with van der Waals surface area (Å²) in [5, 5.41) is 7.42. The lowest BCUT2D eigenvalue weighted by molar-refractivity contribution is 0.558. The van der Waals surface area contributed by atoms with Crippen LogP contribution in [0, 0.1) is 12.7 Å². The number of hydrogen-bond acceptors (Lipinski definition) is 2. The Morgan fingerprint density at radius 1 is 1.33 bits per heavy atom. The first-order valence-electron chi connectivity index (χ1n) is 5.84. The average molecular weight is 328 g/mol. The number of rotatable bonds is 4. The van der Waals surface area contributed by atoms with Gasteiger partial charge in [0, 0.05) is 15.4 Å². The molecule has 0 saturated carbocycles. The minimum Gasteiger partial charge on any atom is -0.306 e. The third kappa shape index (κ3) is 2.82. The van der Waals surface area contributed by atoms with Crippen LogP contribution in [0.4, 0.5) is 4.39 Å². The summed E-state index contributed by atoms with van der Waals surface area (Å²) in [6.07, 6.45) is 0. The topological polar surface area (TPSA) is 12.0 Å². The van der Waals surface area contributed by atoms with Gasteiger partial charge >= 0.3 is 0 Å². The molecule has 0 radical (unpaired) electrons. The van der Waals surface area contributed by atoms with E-state index in [2.05, 4.69) is 26.6 Å². The van der Waals surface area contributed by atoms with E-state index in [4.69, 9.17) is 0 Å². The van der Waals surface area contributed by atoms with E-state index in [-0.39, 0.29) is 11.9 Å². The van der Waals surface area contributed by atoms with Gasteiger partial charge in [0.05, 0.1) is 6.04 Å². The molecule has 0 aliphatic heterocycles. The number of thiophene rings is 1. The van der Waals surface area contributed by atoms with Crippen LogP contribution in [0.15, 0.2) is 33.4 Å². The van der Waals surface area contributed by atoms with Crippen molar-refractivity contribution in [2.75, 3.05) is 6.54 Å². The fourth-order valence-electron chi connectivity index (χ4n) is 1.97. The van der Waals surface area contributed by atoms with Gasteiger partial charge in [-0.3, -0.25) is 0 Å². The molecule has 1 atom stereocenters. The van der Waals surface area contributed by atoms with Crippen molar-refractivity contribution in [2.24, 2.45) is 0 Å². The van der Waals surface area contributed by atoms with Crippen molar-refractivity contribution >= 4 is 27.3 Å². The second-order valence-electron chi connectivity index (χ2n) is 4.19. The van der Waals surface area contributed by atoms with Gasteiger partial charge in [0.1, 0.15) is 5.82 Å². The predicted molar refractivity (Wildman–Crippen MR) is 78.7 cm³/mol. The molecule has 0 bridgehead atoms. The molecule has 0 aliphatic rings. The van der Waals surface area contributed by atoms with Gasteiger partial charge < -0.3 is 5.32 Å². The van der Waals surface area contributed by atoms with Crippen molar-refractivity contribution in [3.8, 4) is 0 Å². The maximum Gasteiger partial charge on any atom is 0.128 e. The van der Waals surface area contributed by atoms with Crippen LogP contribution in [0.3, 0.4) is 0 Å². The van der Waals surface area contributed by atoms with Crippen LogP contribution >= 0.6 is 27.3 Å².